The van der Waals surface area contributed by atoms with Crippen molar-refractivity contribution < 1.29 is 9.18 Å². The number of amides is 1. The van der Waals surface area contributed by atoms with Crippen LogP contribution < -0.4 is 10.7 Å². The number of halogens is 1. The first-order chi connectivity index (χ1) is 12.0. The second-order valence-corrected chi connectivity index (χ2v) is 5.30. The Bertz CT molecular complexity index is 1070. The van der Waals surface area contributed by atoms with Crippen molar-refractivity contribution >= 4 is 22.5 Å². The maximum atomic E-state index is 13.5. The van der Waals surface area contributed by atoms with Crippen LogP contribution in [0.3, 0.4) is 0 Å². The molecule has 0 bridgehead atoms. The number of aromatic nitrogens is 2. The normalized spacial score (nSPS) is 10.4. The van der Waals surface area contributed by atoms with Crippen molar-refractivity contribution in [3.8, 4) is 6.07 Å². The molecule has 0 atom stereocenters. The van der Waals surface area contributed by atoms with Crippen LogP contribution in [-0.4, -0.2) is 15.7 Å². The van der Waals surface area contributed by atoms with Gasteiger partial charge in [0.05, 0.1) is 22.5 Å². The molecule has 1 amide bonds. The zero-order valence-corrected chi connectivity index (χ0v) is 13.3. The second-order valence-electron chi connectivity index (χ2n) is 5.30. The molecule has 1 N–H and O–H groups in total. The number of fused-ring (bicyclic) bond motifs is 1. The van der Waals surface area contributed by atoms with Gasteiger partial charge in [0.25, 0.3) is 5.91 Å². The summed E-state index contributed by atoms with van der Waals surface area (Å²) in [6.45, 7) is 2.22. The summed E-state index contributed by atoms with van der Waals surface area (Å²) in [5.74, 6) is -1.25. The molecule has 2 aromatic carbocycles. The molecule has 0 spiro atoms. The number of hydrogen-bond donors (Lipinski definition) is 1. The molecule has 0 aliphatic rings. The lowest BCUT2D eigenvalue weighted by Gasteiger charge is -2.10. The molecule has 1 aromatic heterocycles. The highest BCUT2D eigenvalue weighted by atomic mass is 19.1. The molecule has 0 saturated carbocycles. The van der Waals surface area contributed by atoms with Crippen molar-refractivity contribution in [3.05, 3.63) is 69.8 Å². The average Bonchev–Trinajstić information content (AvgIpc) is 2.63. The van der Waals surface area contributed by atoms with Crippen molar-refractivity contribution in [1.82, 2.24) is 9.78 Å². The third kappa shape index (κ3) is 3.10. The molecule has 0 aliphatic carbocycles. The van der Waals surface area contributed by atoms with Crippen molar-refractivity contribution in [2.24, 2.45) is 0 Å². The number of aryl methyl sites for hydroxylation is 1. The first kappa shape index (κ1) is 16.3. The minimum absolute atomic E-state index is 0.0989. The SMILES string of the molecule is CCn1nc(C(=O)Nc2ccc(C#N)cc2)c(=O)c2cc(F)ccc21. The van der Waals surface area contributed by atoms with Gasteiger partial charge in [0.2, 0.25) is 5.43 Å². The minimum Gasteiger partial charge on any atom is -0.320 e. The van der Waals surface area contributed by atoms with Crippen LogP contribution in [0, 0.1) is 17.1 Å². The van der Waals surface area contributed by atoms with Crippen LogP contribution in [-0.2, 0) is 6.54 Å². The molecule has 7 heteroatoms. The van der Waals surface area contributed by atoms with E-state index in [9.17, 15) is 14.0 Å². The van der Waals surface area contributed by atoms with E-state index in [1.807, 2.05) is 13.0 Å². The predicted octanol–water partition coefficient (Wildman–Crippen LogP) is 2.68. The van der Waals surface area contributed by atoms with Crippen LogP contribution in [0.25, 0.3) is 10.9 Å². The van der Waals surface area contributed by atoms with Crippen LogP contribution in [0.1, 0.15) is 23.0 Å². The Morgan fingerprint density at radius 3 is 2.64 bits per heavy atom. The Labute approximate surface area is 142 Å². The number of benzene rings is 2. The molecule has 0 radical (unpaired) electrons. The first-order valence-corrected chi connectivity index (χ1v) is 7.55. The fraction of sp³-hybridized carbons (Fsp3) is 0.111. The van der Waals surface area contributed by atoms with Gasteiger partial charge in [0, 0.05) is 12.2 Å². The predicted molar refractivity (Wildman–Crippen MR) is 90.7 cm³/mol. The molecule has 3 rings (SSSR count). The highest BCUT2D eigenvalue weighted by Crippen LogP contribution is 2.14. The Morgan fingerprint density at radius 1 is 1.28 bits per heavy atom. The molecular formula is C18H13FN4O2. The Kier molecular flexibility index (Phi) is 4.27. The second kappa shape index (κ2) is 6.53. The van der Waals surface area contributed by atoms with Gasteiger partial charge >= 0.3 is 0 Å². The molecule has 0 saturated heterocycles. The molecule has 1 heterocycles. The third-order valence-corrected chi connectivity index (χ3v) is 3.70. The van der Waals surface area contributed by atoms with Gasteiger partial charge in [-0.3, -0.25) is 14.3 Å². The largest absolute Gasteiger partial charge is 0.320 e. The summed E-state index contributed by atoms with van der Waals surface area (Å²) >= 11 is 0. The van der Waals surface area contributed by atoms with Crippen LogP contribution >= 0.6 is 0 Å². The molecule has 0 unspecified atom stereocenters. The van der Waals surface area contributed by atoms with Gasteiger partial charge in [0.1, 0.15) is 5.82 Å². The summed E-state index contributed by atoms with van der Waals surface area (Å²) in [5.41, 5.74) is 0.386. The zero-order chi connectivity index (χ0) is 18.0. The van der Waals surface area contributed by atoms with Crippen LogP contribution in [0.5, 0.6) is 0 Å². The summed E-state index contributed by atoms with van der Waals surface area (Å²) in [4.78, 5) is 25.0. The maximum Gasteiger partial charge on any atom is 0.280 e. The summed E-state index contributed by atoms with van der Waals surface area (Å²) in [5, 5.41) is 15.5. The lowest BCUT2D eigenvalue weighted by atomic mass is 10.1. The van der Waals surface area contributed by atoms with Gasteiger partial charge in [-0.2, -0.15) is 10.4 Å². The van der Waals surface area contributed by atoms with Gasteiger partial charge in [-0.25, -0.2) is 4.39 Å². The summed E-state index contributed by atoms with van der Waals surface area (Å²) in [6, 6.07) is 12.0. The summed E-state index contributed by atoms with van der Waals surface area (Å²) < 4.78 is 15.0. The van der Waals surface area contributed by atoms with Crippen LogP contribution in [0.4, 0.5) is 10.1 Å². The summed E-state index contributed by atoms with van der Waals surface area (Å²) in [7, 11) is 0. The maximum absolute atomic E-state index is 13.5. The van der Waals surface area contributed by atoms with Gasteiger partial charge in [-0.1, -0.05) is 0 Å². The van der Waals surface area contributed by atoms with Crippen molar-refractivity contribution in [1.29, 1.82) is 5.26 Å². The number of carbonyl (C=O) groups is 1. The third-order valence-electron chi connectivity index (χ3n) is 3.70. The zero-order valence-electron chi connectivity index (χ0n) is 13.3. The number of hydrogen-bond acceptors (Lipinski definition) is 4. The van der Waals surface area contributed by atoms with E-state index >= 15 is 0 Å². The smallest absolute Gasteiger partial charge is 0.280 e. The number of nitrogens with one attached hydrogen (secondary N) is 1. The number of nitriles is 1. The molecule has 3 aromatic rings. The molecular weight excluding hydrogens is 323 g/mol. The highest BCUT2D eigenvalue weighted by Gasteiger charge is 2.17. The van der Waals surface area contributed by atoms with E-state index in [4.69, 9.17) is 5.26 Å². The van der Waals surface area contributed by atoms with Gasteiger partial charge in [-0.15, -0.1) is 0 Å². The van der Waals surface area contributed by atoms with E-state index in [1.165, 1.54) is 16.8 Å². The van der Waals surface area contributed by atoms with Crippen molar-refractivity contribution in [2.45, 2.75) is 13.5 Å². The van der Waals surface area contributed by atoms with E-state index in [-0.39, 0.29) is 11.1 Å². The lowest BCUT2D eigenvalue weighted by Crippen LogP contribution is -2.27. The number of carbonyl (C=O) groups excluding carboxylic acids is 1. The monoisotopic (exact) mass is 336 g/mol. The topological polar surface area (TPSA) is 87.8 Å². The summed E-state index contributed by atoms with van der Waals surface area (Å²) in [6.07, 6.45) is 0. The molecule has 0 aliphatic heterocycles. The molecule has 124 valence electrons. The van der Waals surface area contributed by atoms with E-state index < -0.39 is 17.2 Å². The van der Waals surface area contributed by atoms with E-state index in [0.29, 0.717) is 23.3 Å². The highest BCUT2D eigenvalue weighted by molar-refractivity contribution is 6.04. The number of anilines is 1. The Balaban J connectivity index is 2.05. The lowest BCUT2D eigenvalue weighted by molar-refractivity contribution is 0.101. The van der Waals surface area contributed by atoms with Crippen LogP contribution in [0.15, 0.2) is 47.3 Å². The fourth-order valence-electron chi connectivity index (χ4n) is 2.47. The number of rotatable bonds is 3. The van der Waals surface area contributed by atoms with Crippen LogP contribution in [0.2, 0.25) is 0 Å². The van der Waals surface area contributed by atoms with E-state index in [2.05, 4.69) is 10.4 Å². The van der Waals surface area contributed by atoms with Crippen molar-refractivity contribution in [3.63, 3.8) is 0 Å². The fourth-order valence-corrected chi connectivity index (χ4v) is 2.47. The minimum atomic E-state index is -0.692. The number of nitrogens with zero attached hydrogens (tertiary/aromatic N) is 3. The van der Waals surface area contributed by atoms with Crippen molar-refractivity contribution in [2.75, 3.05) is 5.32 Å². The quantitative estimate of drug-likeness (QED) is 0.796. The molecule has 0 fully saturated rings. The van der Waals surface area contributed by atoms with Gasteiger partial charge in [0.15, 0.2) is 5.69 Å². The first-order valence-electron chi connectivity index (χ1n) is 7.55. The van der Waals surface area contributed by atoms with E-state index in [0.717, 1.165) is 6.07 Å². The van der Waals surface area contributed by atoms with Gasteiger partial charge < -0.3 is 5.32 Å². The van der Waals surface area contributed by atoms with Gasteiger partial charge in [-0.05, 0) is 49.4 Å². The Hall–Kier alpha value is -3.53. The average molecular weight is 336 g/mol. The standard InChI is InChI=1S/C18H13FN4O2/c1-2-23-15-8-5-12(19)9-14(15)17(24)16(22-23)18(25)21-13-6-3-11(10-20)4-7-13/h3-9H,2H2,1H3,(H,21,25). The molecule has 25 heavy (non-hydrogen) atoms. The Morgan fingerprint density at radius 2 is 2.00 bits per heavy atom. The van der Waals surface area contributed by atoms with E-state index in [1.54, 1.807) is 24.3 Å². The molecule has 6 nitrogen and oxygen atoms in total.